The zero-order chi connectivity index (χ0) is 19.8. The van der Waals surface area contributed by atoms with Gasteiger partial charge < -0.3 is 14.9 Å². The molecule has 0 spiro atoms. The Morgan fingerprint density at radius 1 is 1.18 bits per heavy atom. The molecule has 1 saturated heterocycles. The van der Waals surface area contributed by atoms with Gasteiger partial charge >= 0.3 is 0 Å². The second-order valence-corrected chi connectivity index (χ2v) is 7.34. The summed E-state index contributed by atoms with van der Waals surface area (Å²) in [5.74, 6) is -0.156. The molecule has 1 amide bonds. The van der Waals surface area contributed by atoms with Crippen molar-refractivity contribution in [3.63, 3.8) is 0 Å². The molecule has 0 bridgehead atoms. The smallest absolute Gasteiger partial charge is 0.269 e. The van der Waals surface area contributed by atoms with E-state index in [-0.39, 0.29) is 5.91 Å². The van der Waals surface area contributed by atoms with Gasteiger partial charge in [-0.25, -0.2) is 9.71 Å². The van der Waals surface area contributed by atoms with E-state index in [1.807, 2.05) is 6.07 Å². The highest BCUT2D eigenvalue weighted by molar-refractivity contribution is 7.98. The number of hydrogen-bond acceptors (Lipinski definition) is 7. The molecule has 150 valence electrons. The van der Waals surface area contributed by atoms with Crippen molar-refractivity contribution in [1.29, 1.82) is 0 Å². The molecular weight excluding hydrogens is 372 g/mol. The van der Waals surface area contributed by atoms with Gasteiger partial charge in [-0.15, -0.1) is 0 Å². The molecule has 0 unspecified atom stereocenters. The van der Waals surface area contributed by atoms with Gasteiger partial charge in [0.1, 0.15) is 5.69 Å². The second-order valence-electron chi connectivity index (χ2n) is 6.65. The lowest BCUT2D eigenvalue weighted by Gasteiger charge is -2.36. The Hall–Kier alpha value is -2.29. The van der Waals surface area contributed by atoms with Gasteiger partial charge in [0.05, 0.1) is 11.9 Å². The first kappa shape index (κ1) is 20.4. The largest absolute Gasteiger partial charge is 0.368 e. The van der Waals surface area contributed by atoms with Gasteiger partial charge in [-0.1, -0.05) is 19.1 Å². The third-order valence-electron chi connectivity index (χ3n) is 4.66. The van der Waals surface area contributed by atoms with E-state index < -0.39 is 0 Å². The van der Waals surface area contributed by atoms with Crippen molar-refractivity contribution in [2.75, 3.05) is 49.4 Å². The van der Waals surface area contributed by atoms with Crippen LogP contribution in [0.2, 0.25) is 0 Å². The lowest BCUT2D eigenvalue weighted by molar-refractivity contribution is 0.0958. The Kier molecular flexibility index (Phi) is 7.53. The molecular formula is C20H28N6OS. The van der Waals surface area contributed by atoms with Crippen molar-refractivity contribution in [2.45, 2.75) is 13.5 Å². The van der Waals surface area contributed by atoms with E-state index in [1.54, 1.807) is 19.3 Å². The van der Waals surface area contributed by atoms with E-state index in [2.05, 4.69) is 60.7 Å². The number of benzene rings is 1. The molecule has 3 N–H and O–H groups in total. The molecule has 0 atom stereocenters. The summed E-state index contributed by atoms with van der Waals surface area (Å²) in [4.78, 5) is 20.7. The summed E-state index contributed by atoms with van der Waals surface area (Å²) < 4.78 is 6.51. The molecule has 1 aliphatic heterocycles. The molecule has 1 aliphatic rings. The summed E-state index contributed by atoms with van der Waals surface area (Å²) in [6.07, 6.45) is 1.79. The fourth-order valence-electron chi connectivity index (χ4n) is 3.16. The van der Waals surface area contributed by atoms with Crippen LogP contribution in [0.4, 0.5) is 11.4 Å². The van der Waals surface area contributed by atoms with Gasteiger partial charge in [-0.05, 0) is 29.8 Å². The predicted molar refractivity (Wildman–Crippen MR) is 116 cm³/mol. The number of aromatic nitrogens is 1. The van der Waals surface area contributed by atoms with Crippen molar-refractivity contribution >= 4 is 29.4 Å². The molecule has 0 radical (unpaired) electrons. The van der Waals surface area contributed by atoms with E-state index in [9.17, 15) is 4.79 Å². The summed E-state index contributed by atoms with van der Waals surface area (Å²) >= 11 is 1.51. The molecule has 2 heterocycles. The number of nitrogens with zero attached hydrogens (tertiary/aromatic N) is 3. The second kappa shape index (κ2) is 10.3. The number of carbonyl (C=O) groups excluding carboxylic acids is 1. The molecule has 0 aliphatic carbocycles. The first-order valence-corrected chi connectivity index (χ1v) is 10.4. The molecule has 0 saturated carbocycles. The number of piperazine rings is 1. The molecule has 2 aromatic rings. The van der Waals surface area contributed by atoms with E-state index in [1.165, 1.54) is 17.7 Å². The number of hydrogen-bond donors (Lipinski definition) is 3. The van der Waals surface area contributed by atoms with Crippen molar-refractivity contribution in [3.05, 3.63) is 53.9 Å². The Morgan fingerprint density at radius 3 is 2.68 bits per heavy atom. The van der Waals surface area contributed by atoms with Crippen LogP contribution in [0.25, 0.3) is 0 Å². The third kappa shape index (κ3) is 5.60. The topological polar surface area (TPSA) is 72.5 Å². The van der Waals surface area contributed by atoms with Gasteiger partial charge in [-0.3, -0.25) is 9.69 Å². The zero-order valence-electron chi connectivity index (χ0n) is 16.4. The quantitative estimate of drug-likeness (QED) is 0.464. The first-order valence-electron chi connectivity index (χ1n) is 9.58. The van der Waals surface area contributed by atoms with Crippen LogP contribution in [0, 0.1) is 0 Å². The van der Waals surface area contributed by atoms with Crippen LogP contribution in [0.5, 0.6) is 0 Å². The highest BCUT2D eigenvalue weighted by Gasteiger charge is 2.18. The fourth-order valence-corrected chi connectivity index (χ4v) is 3.62. The number of rotatable bonds is 8. The first-order chi connectivity index (χ1) is 13.7. The summed E-state index contributed by atoms with van der Waals surface area (Å²) in [7, 11) is 1.61. The van der Waals surface area contributed by atoms with Crippen molar-refractivity contribution < 1.29 is 4.79 Å². The number of amides is 1. The maximum Gasteiger partial charge on any atom is 0.269 e. The lowest BCUT2D eigenvalue weighted by atomic mass is 10.1. The Morgan fingerprint density at radius 2 is 2.00 bits per heavy atom. The molecule has 1 aromatic carbocycles. The predicted octanol–water partition coefficient (Wildman–Crippen LogP) is 2.35. The highest BCUT2D eigenvalue weighted by Crippen LogP contribution is 2.19. The van der Waals surface area contributed by atoms with E-state index >= 15 is 0 Å². The fraction of sp³-hybridized carbons (Fsp3) is 0.400. The van der Waals surface area contributed by atoms with Crippen LogP contribution in [-0.4, -0.2) is 55.6 Å². The van der Waals surface area contributed by atoms with Crippen LogP contribution >= 0.6 is 12.1 Å². The van der Waals surface area contributed by atoms with Crippen LogP contribution in [0.3, 0.4) is 0 Å². The number of nitrogens with one attached hydrogen (secondary N) is 3. The Labute approximate surface area is 171 Å². The summed E-state index contributed by atoms with van der Waals surface area (Å²) in [5.41, 5.74) is 3.95. The number of anilines is 2. The van der Waals surface area contributed by atoms with Gasteiger partial charge in [-0.2, -0.15) is 0 Å². The summed E-state index contributed by atoms with van der Waals surface area (Å²) in [6, 6.07) is 12.3. The van der Waals surface area contributed by atoms with Gasteiger partial charge in [0.15, 0.2) is 0 Å². The monoisotopic (exact) mass is 400 g/mol. The normalized spacial score (nSPS) is 14.7. The molecule has 1 fully saturated rings. The minimum Gasteiger partial charge on any atom is -0.368 e. The summed E-state index contributed by atoms with van der Waals surface area (Å²) in [6.45, 7) is 7.86. The molecule has 7 nitrogen and oxygen atoms in total. The Bertz CT molecular complexity index is 762. The van der Waals surface area contributed by atoms with Crippen LogP contribution in [0.15, 0.2) is 42.6 Å². The zero-order valence-corrected chi connectivity index (χ0v) is 17.3. The van der Waals surface area contributed by atoms with Gasteiger partial charge in [0.2, 0.25) is 0 Å². The van der Waals surface area contributed by atoms with E-state index in [0.717, 1.165) is 50.6 Å². The maximum absolute atomic E-state index is 11.6. The minimum atomic E-state index is -0.156. The SMILES string of the molecule is CCNSNc1cccc(CN2CCN(c3ccc(C(=O)NC)nc3)CC2)c1. The minimum absolute atomic E-state index is 0.156. The van der Waals surface area contributed by atoms with E-state index in [4.69, 9.17) is 0 Å². The summed E-state index contributed by atoms with van der Waals surface area (Å²) in [5, 5.41) is 2.60. The Balaban J connectivity index is 1.50. The molecule has 1 aromatic heterocycles. The van der Waals surface area contributed by atoms with Gasteiger partial charge in [0.25, 0.3) is 5.91 Å². The molecule has 3 rings (SSSR count). The number of pyridine rings is 1. The standard InChI is InChI=1S/C20H28N6OS/c1-3-23-28-24-17-6-4-5-16(13-17)15-25-9-11-26(12-10-25)18-7-8-19(22-14-18)20(27)21-2/h4-8,13-14,23-24H,3,9-12,15H2,1-2H3,(H,21,27). The van der Waals surface area contributed by atoms with Crippen LogP contribution in [-0.2, 0) is 6.54 Å². The third-order valence-corrected chi connectivity index (χ3v) is 5.43. The lowest BCUT2D eigenvalue weighted by Crippen LogP contribution is -2.46. The molecule has 28 heavy (non-hydrogen) atoms. The van der Waals surface area contributed by atoms with E-state index in [0.29, 0.717) is 5.69 Å². The molecule has 8 heteroatoms. The van der Waals surface area contributed by atoms with Gasteiger partial charge in [0, 0.05) is 64.1 Å². The average molecular weight is 401 g/mol. The average Bonchev–Trinajstić information content (AvgIpc) is 2.74. The van der Waals surface area contributed by atoms with Crippen molar-refractivity contribution in [2.24, 2.45) is 0 Å². The highest BCUT2D eigenvalue weighted by atomic mass is 32.2. The van der Waals surface area contributed by atoms with Crippen molar-refractivity contribution in [1.82, 2.24) is 19.9 Å². The van der Waals surface area contributed by atoms with Crippen LogP contribution in [0.1, 0.15) is 23.0 Å². The number of carbonyl (C=O) groups is 1. The maximum atomic E-state index is 11.6. The van der Waals surface area contributed by atoms with Crippen molar-refractivity contribution in [3.8, 4) is 0 Å². The van der Waals surface area contributed by atoms with Crippen LogP contribution < -0.4 is 19.7 Å².